The number of ether oxygens (including phenoxy) is 2. The van der Waals surface area contributed by atoms with Crippen LogP contribution in [0.3, 0.4) is 0 Å². The van der Waals surface area contributed by atoms with Gasteiger partial charge in [0.15, 0.2) is 0 Å². The summed E-state index contributed by atoms with van der Waals surface area (Å²) in [6.45, 7) is 22.3. The lowest BCUT2D eigenvalue weighted by Gasteiger charge is -2.41. The summed E-state index contributed by atoms with van der Waals surface area (Å²) in [7, 11) is 0. The quantitative estimate of drug-likeness (QED) is 0.594. The number of hydrogen-bond acceptors (Lipinski definition) is 4. The van der Waals surface area contributed by atoms with Crippen molar-refractivity contribution in [3.05, 3.63) is 0 Å². The van der Waals surface area contributed by atoms with Gasteiger partial charge in [0.2, 0.25) is 0 Å². The number of likely N-dealkylation sites (N-methyl/N-ethyl adjacent to an activating group) is 1. The summed E-state index contributed by atoms with van der Waals surface area (Å²) in [6, 6.07) is 0.475. The minimum absolute atomic E-state index is 0.330. The fraction of sp³-hybridized carbons (Fsp3) is 1.00. The first-order chi connectivity index (χ1) is 12.8. The van der Waals surface area contributed by atoms with Gasteiger partial charge >= 0.3 is 0 Å². The van der Waals surface area contributed by atoms with Crippen molar-refractivity contribution in [2.24, 2.45) is 17.8 Å². The Morgan fingerprint density at radius 2 is 1.67 bits per heavy atom. The molecule has 0 N–H and O–H groups in total. The maximum absolute atomic E-state index is 6.67. The maximum atomic E-state index is 6.67. The van der Waals surface area contributed by atoms with Crippen molar-refractivity contribution in [2.75, 3.05) is 39.3 Å². The molecule has 1 saturated carbocycles. The minimum Gasteiger partial charge on any atom is -0.376 e. The normalized spacial score (nSPS) is 34.3. The number of hydrogen-bond donors (Lipinski definition) is 0. The predicted molar refractivity (Wildman–Crippen MR) is 114 cm³/mol. The van der Waals surface area contributed by atoms with Gasteiger partial charge in [-0.15, -0.1) is 0 Å². The minimum atomic E-state index is 0.330. The van der Waals surface area contributed by atoms with E-state index in [2.05, 4.69) is 58.3 Å². The summed E-state index contributed by atoms with van der Waals surface area (Å²) >= 11 is 0. The van der Waals surface area contributed by atoms with Gasteiger partial charge in [-0.3, -0.25) is 9.80 Å². The molecule has 1 saturated heterocycles. The van der Waals surface area contributed by atoms with E-state index in [0.29, 0.717) is 24.4 Å². The average molecular weight is 383 g/mol. The van der Waals surface area contributed by atoms with E-state index >= 15 is 0 Å². The van der Waals surface area contributed by atoms with Gasteiger partial charge in [-0.25, -0.2) is 0 Å². The molecule has 4 nitrogen and oxygen atoms in total. The second-order valence-corrected chi connectivity index (χ2v) is 9.55. The lowest BCUT2D eigenvalue weighted by molar-refractivity contribution is -0.0886. The van der Waals surface area contributed by atoms with Crippen LogP contribution in [-0.2, 0) is 9.47 Å². The second kappa shape index (κ2) is 11.1. The Labute approximate surface area is 169 Å². The second-order valence-electron chi connectivity index (χ2n) is 9.55. The molecular formula is C23H46N2O2. The molecule has 2 fully saturated rings. The first-order valence-corrected chi connectivity index (χ1v) is 11.6. The molecule has 0 aromatic carbocycles. The van der Waals surface area contributed by atoms with Gasteiger partial charge < -0.3 is 9.47 Å². The van der Waals surface area contributed by atoms with Crippen LogP contribution in [0.5, 0.6) is 0 Å². The topological polar surface area (TPSA) is 24.9 Å². The molecule has 4 heteroatoms. The summed E-state index contributed by atoms with van der Waals surface area (Å²) in [5.41, 5.74) is 0. The SMILES string of the molecule is CCN(CC)C(COC1CC(C)CCC1C(C)C)CN1CC(C)OC(C)C1. The monoisotopic (exact) mass is 382 g/mol. The van der Waals surface area contributed by atoms with Gasteiger partial charge in [0.05, 0.1) is 24.9 Å². The van der Waals surface area contributed by atoms with E-state index in [1.54, 1.807) is 0 Å². The molecule has 1 heterocycles. The van der Waals surface area contributed by atoms with Crippen LogP contribution in [0, 0.1) is 17.8 Å². The molecule has 0 aromatic heterocycles. The standard InChI is InChI=1S/C23H46N2O2/c1-8-25(9-2)21(15-24-13-19(6)27-20(7)14-24)16-26-23-12-18(5)10-11-22(23)17(3)4/h17-23H,8-16H2,1-7H3. The molecule has 0 aromatic rings. The van der Waals surface area contributed by atoms with Gasteiger partial charge in [0, 0.05) is 25.7 Å². The molecule has 1 aliphatic heterocycles. The van der Waals surface area contributed by atoms with Crippen LogP contribution in [0.25, 0.3) is 0 Å². The molecule has 1 aliphatic carbocycles. The molecule has 2 aliphatic rings. The van der Waals surface area contributed by atoms with E-state index in [-0.39, 0.29) is 0 Å². The Balaban J connectivity index is 1.98. The Kier molecular flexibility index (Phi) is 9.54. The molecule has 6 unspecified atom stereocenters. The highest BCUT2D eigenvalue weighted by molar-refractivity contribution is 4.84. The third-order valence-corrected chi connectivity index (χ3v) is 6.76. The molecule has 0 spiro atoms. The van der Waals surface area contributed by atoms with Crippen LogP contribution in [-0.4, -0.2) is 73.5 Å². The van der Waals surface area contributed by atoms with Crippen molar-refractivity contribution in [1.82, 2.24) is 9.80 Å². The van der Waals surface area contributed by atoms with Crippen LogP contribution >= 0.6 is 0 Å². The molecule has 6 atom stereocenters. The third kappa shape index (κ3) is 6.99. The fourth-order valence-corrected chi connectivity index (χ4v) is 5.29. The Morgan fingerprint density at radius 3 is 2.22 bits per heavy atom. The summed E-state index contributed by atoms with van der Waals surface area (Å²) in [5.74, 6) is 2.25. The highest BCUT2D eigenvalue weighted by atomic mass is 16.5. The highest BCUT2D eigenvalue weighted by Gasteiger charge is 2.33. The molecule has 27 heavy (non-hydrogen) atoms. The average Bonchev–Trinajstić information content (AvgIpc) is 2.59. The van der Waals surface area contributed by atoms with Crippen LogP contribution in [0.1, 0.15) is 67.7 Å². The summed E-state index contributed by atoms with van der Waals surface area (Å²) in [6.07, 6.45) is 5.03. The lowest BCUT2D eigenvalue weighted by atomic mass is 9.75. The maximum Gasteiger partial charge on any atom is 0.0678 e. The van der Waals surface area contributed by atoms with Gasteiger partial charge in [-0.1, -0.05) is 41.0 Å². The van der Waals surface area contributed by atoms with Gasteiger partial charge in [0.1, 0.15) is 0 Å². The zero-order valence-electron chi connectivity index (χ0n) is 19.1. The zero-order valence-corrected chi connectivity index (χ0v) is 19.1. The van der Waals surface area contributed by atoms with Crippen molar-refractivity contribution in [3.8, 4) is 0 Å². The number of nitrogens with zero attached hydrogens (tertiary/aromatic N) is 2. The van der Waals surface area contributed by atoms with Crippen molar-refractivity contribution in [1.29, 1.82) is 0 Å². The van der Waals surface area contributed by atoms with Crippen molar-refractivity contribution in [2.45, 2.75) is 92.1 Å². The van der Waals surface area contributed by atoms with E-state index in [1.807, 2.05) is 0 Å². The molecular weight excluding hydrogens is 336 g/mol. The Morgan fingerprint density at radius 1 is 1.04 bits per heavy atom. The number of rotatable bonds is 9. The van der Waals surface area contributed by atoms with Crippen molar-refractivity contribution >= 4 is 0 Å². The van der Waals surface area contributed by atoms with Gasteiger partial charge in [0.25, 0.3) is 0 Å². The molecule has 0 radical (unpaired) electrons. The molecule has 0 amide bonds. The van der Waals surface area contributed by atoms with Crippen LogP contribution in [0.15, 0.2) is 0 Å². The molecule has 160 valence electrons. The van der Waals surface area contributed by atoms with E-state index in [1.165, 1.54) is 19.3 Å². The summed E-state index contributed by atoms with van der Waals surface area (Å²) < 4.78 is 12.6. The van der Waals surface area contributed by atoms with E-state index in [0.717, 1.165) is 57.1 Å². The third-order valence-electron chi connectivity index (χ3n) is 6.76. The molecule has 0 bridgehead atoms. The van der Waals surface area contributed by atoms with Gasteiger partial charge in [-0.2, -0.15) is 0 Å². The van der Waals surface area contributed by atoms with E-state index in [4.69, 9.17) is 9.47 Å². The van der Waals surface area contributed by atoms with Gasteiger partial charge in [-0.05, 0) is 57.5 Å². The Bertz CT molecular complexity index is 403. The Hall–Kier alpha value is -0.160. The smallest absolute Gasteiger partial charge is 0.0678 e. The van der Waals surface area contributed by atoms with E-state index in [9.17, 15) is 0 Å². The summed E-state index contributed by atoms with van der Waals surface area (Å²) in [5, 5.41) is 0. The fourth-order valence-electron chi connectivity index (χ4n) is 5.29. The van der Waals surface area contributed by atoms with Crippen LogP contribution in [0.4, 0.5) is 0 Å². The number of morpholine rings is 1. The first-order valence-electron chi connectivity index (χ1n) is 11.6. The predicted octanol–water partition coefficient (Wildman–Crippen LogP) is 4.28. The van der Waals surface area contributed by atoms with Crippen molar-refractivity contribution < 1.29 is 9.47 Å². The van der Waals surface area contributed by atoms with E-state index < -0.39 is 0 Å². The lowest BCUT2D eigenvalue weighted by Crippen LogP contribution is -2.53. The van der Waals surface area contributed by atoms with Crippen LogP contribution in [0.2, 0.25) is 0 Å². The van der Waals surface area contributed by atoms with Crippen LogP contribution < -0.4 is 0 Å². The highest BCUT2D eigenvalue weighted by Crippen LogP contribution is 2.35. The zero-order chi connectivity index (χ0) is 20.0. The van der Waals surface area contributed by atoms with Crippen molar-refractivity contribution in [3.63, 3.8) is 0 Å². The first kappa shape index (κ1) is 23.1. The molecule has 2 rings (SSSR count). The summed E-state index contributed by atoms with van der Waals surface area (Å²) in [4.78, 5) is 5.18. The largest absolute Gasteiger partial charge is 0.376 e.